The van der Waals surface area contributed by atoms with Crippen LogP contribution in [0, 0.1) is 0 Å². The van der Waals surface area contributed by atoms with Crippen LogP contribution in [0.4, 0.5) is 0 Å². The van der Waals surface area contributed by atoms with Crippen LogP contribution in [0.15, 0.2) is 42.3 Å². The lowest BCUT2D eigenvalue weighted by molar-refractivity contribution is 0.243. The molecule has 1 fully saturated rings. The van der Waals surface area contributed by atoms with Crippen molar-refractivity contribution in [3.63, 3.8) is 0 Å². The molecule has 1 aliphatic heterocycles. The number of ether oxygens (including phenoxy) is 1. The first kappa shape index (κ1) is 19.0. The van der Waals surface area contributed by atoms with E-state index >= 15 is 0 Å². The van der Waals surface area contributed by atoms with E-state index in [1.165, 1.54) is 5.56 Å². The molecule has 0 amide bonds. The summed E-state index contributed by atoms with van der Waals surface area (Å²) in [5.41, 5.74) is 1.28. The molecule has 1 unspecified atom stereocenters. The van der Waals surface area contributed by atoms with E-state index < -0.39 is 8.32 Å². The first-order chi connectivity index (χ1) is 11.2. The molecule has 0 aliphatic carbocycles. The third-order valence-electron chi connectivity index (χ3n) is 4.93. The molecule has 1 saturated heterocycles. The van der Waals surface area contributed by atoms with Gasteiger partial charge in [0.05, 0.1) is 6.04 Å². The van der Waals surface area contributed by atoms with Gasteiger partial charge in [-0.05, 0) is 55.3 Å². The molecule has 132 valence electrons. The van der Waals surface area contributed by atoms with Gasteiger partial charge in [-0.1, -0.05) is 51.1 Å². The Morgan fingerprint density at radius 1 is 1.33 bits per heavy atom. The highest BCUT2D eigenvalue weighted by Crippen LogP contribution is 2.39. The van der Waals surface area contributed by atoms with E-state index in [-0.39, 0.29) is 11.1 Å². The van der Waals surface area contributed by atoms with E-state index in [1.54, 1.807) is 0 Å². The van der Waals surface area contributed by atoms with Crippen molar-refractivity contribution in [2.24, 2.45) is 0 Å². The van der Waals surface area contributed by atoms with E-state index in [9.17, 15) is 0 Å². The first-order valence-corrected chi connectivity index (χ1v) is 11.8. The summed E-state index contributed by atoms with van der Waals surface area (Å²) < 4.78 is 12.2. The Balaban J connectivity index is 2.20. The van der Waals surface area contributed by atoms with Crippen LogP contribution in [0.3, 0.4) is 0 Å². The SMILES string of the molecule is C/C=C(\O[Si](C)(C)C(C)(C)C)N1C(=S)OCC1Cc1ccccc1. The van der Waals surface area contributed by atoms with Gasteiger partial charge in [0.2, 0.25) is 0 Å². The molecular weight excluding hydrogens is 334 g/mol. The number of nitrogens with zero attached hydrogens (tertiary/aromatic N) is 1. The van der Waals surface area contributed by atoms with E-state index in [0.717, 1.165) is 12.3 Å². The minimum atomic E-state index is -1.93. The van der Waals surface area contributed by atoms with Gasteiger partial charge in [-0.3, -0.25) is 4.90 Å². The highest BCUT2D eigenvalue weighted by molar-refractivity contribution is 7.80. The molecule has 0 radical (unpaired) electrons. The molecule has 5 heteroatoms. The van der Waals surface area contributed by atoms with Crippen molar-refractivity contribution in [2.45, 2.75) is 58.3 Å². The Morgan fingerprint density at radius 3 is 2.50 bits per heavy atom. The summed E-state index contributed by atoms with van der Waals surface area (Å²) in [4.78, 5) is 2.06. The lowest BCUT2D eigenvalue weighted by atomic mass is 10.1. The maximum atomic E-state index is 6.53. The lowest BCUT2D eigenvalue weighted by Crippen LogP contribution is -2.45. The van der Waals surface area contributed by atoms with Gasteiger partial charge in [-0.2, -0.15) is 0 Å². The fourth-order valence-electron chi connectivity index (χ4n) is 2.43. The van der Waals surface area contributed by atoms with Gasteiger partial charge in [-0.15, -0.1) is 0 Å². The predicted molar refractivity (Wildman–Crippen MR) is 106 cm³/mol. The first-order valence-electron chi connectivity index (χ1n) is 8.51. The molecule has 2 rings (SSSR count). The second-order valence-electron chi connectivity index (χ2n) is 7.78. The summed E-state index contributed by atoms with van der Waals surface area (Å²) in [5, 5.41) is 0.654. The molecule has 1 aromatic rings. The van der Waals surface area contributed by atoms with Gasteiger partial charge >= 0.3 is 0 Å². The minimum Gasteiger partial charge on any atom is -0.532 e. The molecule has 3 nitrogen and oxygen atoms in total. The average molecular weight is 364 g/mol. The van der Waals surface area contributed by atoms with Crippen LogP contribution in [0.25, 0.3) is 0 Å². The Hall–Kier alpha value is -1.33. The Kier molecular flexibility index (Phi) is 5.76. The second-order valence-corrected chi connectivity index (χ2v) is 12.9. The maximum absolute atomic E-state index is 6.53. The van der Waals surface area contributed by atoms with Crippen molar-refractivity contribution < 1.29 is 9.16 Å². The summed E-state index contributed by atoms with van der Waals surface area (Å²) in [6.45, 7) is 13.8. The van der Waals surface area contributed by atoms with Crippen molar-refractivity contribution in [1.29, 1.82) is 0 Å². The third kappa shape index (κ3) is 4.19. The molecule has 1 aromatic carbocycles. The molecular formula is C19H29NO2SSi. The van der Waals surface area contributed by atoms with Crippen molar-refractivity contribution >= 4 is 25.7 Å². The largest absolute Gasteiger partial charge is 0.532 e. The van der Waals surface area contributed by atoms with Crippen molar-refractivity contribution in [3.8, 4) is 0 Å². The zero-order chi connectivity index (χ0) is 18.0. The molecule has 0 saturated carbocycles. The van der Waals surface area contributed by atoms with Crippen LogP contribution in [0.5, 0.6) is 0 Å². The fraction of sp³-hybridized carbons (Fsp3) is 0.526. The van der Waals surface area contributed by atoms with Gasteiger partial charge in [-0.25, -0.2) is 0 Å². The van der Waals surface area contributed by atoms with Crippen LogP contribution in [-0.2, 0) is 15.6 Å². The summed E-state index contributed by atoms with van der Waals surface area (Å²) in [6.07, 6.45) is 2.90. The number of rotatable bonds is 5. The van der Waals surface area contributed by atoms with Crippen LogP contribution in [0.2, 0.25) is 18.1 Å². The van der Waals surface area contributed by atoms with E-state index in [0.29, 0.717) is 11.8 Å². The van der Waals surface area contributed by atoms with Gasteiger partial charge < -0.3 is 9.16 Å². The molecule has 0 N–H and O–H groups in total. The number of hydrogen-bond acceptors (Lipinski definition) is 3. The zero-order valence-corrected chi connectivity index (χ0v) is 17.4. The van der Waals surface area contributed by atoms with Gasteiger partial charge in [0.1, 0.15) is 6.61 Å². The molecule has 0 spiro atoms. The highest BCUT2D eigenvalue weighted by atomic mass is 32.1. The number of thiocarbonyl (C=S) groups is 1. The monoisotopic (exact) mass is 363 g/mol. The Morgan fingerprint density at radius 2 is 1.96 bits per heavy atom. The fourth-order valence-corrected chi connectivity index (χ4v) is 3.78. The van der Waals surface area contributed by atoms with Gasteiger partial charge in [0, 0.05) is 0 Å². The summed E-state index contributed by atoms with van der Waals surface area (Å²) in [6, 6.07) is 10.6. The van der Waals surface area contributed by atoms with Crippen molar-refractivity contribution in [2.75, 3.05) is 6.61 Å². The topological polar surface area (TPSA) is 21.7 Å². The smallest absolute Gasteiger partial charge is 0.266 e. The Bertz CT molecular complexity index is 608. The minimum absolute atomic E-state index is 0.137. The van der Waals surface area contributed by atoms with E-state index in [4.69, 9.17) is 21.4 Å². The van der Waals surface area contributed by atoms with Crippen LogP contribution >= 0.6 is 12.2 Å². The summed E-state index contributed by atoms with van der Waals surface area (Å²) in [7, 11) is -1.93. The molecule has 1 heterocycles. The van der Waals surface area contributed by atoms with E-state index in [2.05, 4.69) is 63.0 Å². The van der Waals surface area contributed by atoms with Crippen LogP contribution in [0.1, 0.15) is 33.3 Å². The quantitative estimate of drug-likeness (QED) is 0.412. The maximum Gasteiger partial charge on any atom is 0.266 e. The lowest BCUT2D eigenvalue weighted by Gasteiger charge is -2.39. The van der Waals surface area contributed by atoms with Crippen LogP contribution in [-0.4, -0.2) is 31.0 Å². The molecule has 1 aliphatic rings. The summed E-state index contributed by atoms with van der Waals surface area (Å²) in [5.74, 6) is 0.838. The van der Waals surface area contributed by atoms with Crippen molar-refractivity contribution in [3.05, 3.63) is 47.9 Å². The second kappa shape index (κ2) is 7.27. The predicted octanol–water partition coefficient (Wildman–Crippen LogP) is 5.10. The van der Waals surface area contributed by atoms with E-state index in [1.807, 2.05) is 19.1 Å². The Labute approximate surface area is 152 Å². The molecule has 0 bridgehead atoms. The standard InChI is InChI=1S/C19H29NO2SSi/c1-7-17(22-24(5,6)19(2,3)4)20-16(14-21-18(20)23)13-15-11-9-8-10-12-15/h7-12,16H,13-14H2,1-6H3/b17-7-. The van der Waals surface area contributed by atoms with Gasteiger partial charge in [0.15, 0.2) is 5.88 Å². The summed E-state index contributed by atoms with van der Waals surface area (Å²) >= 11 is 5.46. The number of allylic oxidation sites excluding steroid dienone is 1. The number of hydrogen-bond donors (Lipinski definition) is 0. The normalized spacial score (nSPS) is 19.4. The average Bonchev–Trinajstić information content (AvgIpc) is 2.85. The molecule has 24 heavy (non-hydrogen) atoms. The third-order valence-corrected chi connectivity index (χ3v) is 9.57. The highest BCUT2D eigenvalue weighted by Gasteiger charge is 2.42. The molecule has 1 atom stereocenters. The molecule has 0 aromatic heterocycles. The van der Waals surface area contributed by atoms with Gasteiger partial charge in [0.25, 0.3) is 13.5 Å². The van der Waals surface area contributed by atoms with Crippen molar-refractivity contribution in [1.82, 2.24) is 4.90 Å². The van der Waals surface area contributed by atoms with Crippen LogP contribution < -0.4 is 0 Å². The zero-order valence-electron chi connectivity index (χ0n) is 15.6. The number of benzene rings is 1.